The third kappa shape index (κ3) is 1.50. The Bertz CT molecular complexity index is 343. The van der Waals surface area contributed by atoms with E-state index in [1.165, 1.54) is 6.42 Å². The average Bonchev–Trinajstić information content (AvgIpc) is 2.57. The molecule has 0 saturated heterocycles. The van der Waals surface area contributed by atoms with Crippen LogP contribution in [0.5, 0.6) is 0 Å². The predicted octanol–water partition coefficient (Wildman–Crippen LogP) is 0.971. The zero-order valence-electron chi connectivity index (χ0n) is 8.70. The number of rotatable bonds is 3. The highest BCUT2D eigenvalue weighted by Crippen LogP contribution is 2.58. The molecule has 4 heteroatoms. The van der Waals surface area contributed by atoms with Crippen LogP contribution in [0.3, 0.4) is 0 Å². The molecule has 0 amide bonds. The molecule has 14 heavy (non-hydrogen) atoms. The molecule has 3 N–H and O–H groups in total. The summed E-state index contributed by atoms with van der Waals surface area (Å²) in [5.41, 5.74) is 7.22. The summed E-state index contributed by atoms with van der Waals surface area (Å²) in [6.07, 6.45) is 1.18. The maximum Gasteiger partial charge on any atom is 0.122 e. The highest BCUT2D eigenvalue weighted by Gasteiger charge is 2.48. The molecule has 2 rings (SSSR count). The Balaban J connectivity index is 2.17. The summed E-state index contributed by atoms with van der Waals surface area (Å²) in [6, 6.07) is 1.93. The second-order valence-corrected chi connectivity index (χ2v) is 4.69. The van der Waals surface area contributed by atoms with E-state index in [1.54, 1.807) is 4.68 Å². The van der Waals surface area contributed by atoms with Crippen molar-refractivity contribution in [3.05, 3.63) is 11.8 Å². The Morgan fingerprint density at radius 3 is 2.86 bits per heavy atom. The van der Waals surface area contributed by atoms with Crippen LogP contribution in [-0.2, 0) is 6.54 Å². The molecule has 1 aliphatic carbocycles. The van der Waals surface area contributed by atoms with Crippen LogP contribution in [0.25, 0.3) is 0 Å². The Morgan fingerprint density at radius 2 is 2.36 bits per heavy atom. The highest BCUT2D eigenvalue weighted by molar-refractivity contribution is 5.35. The first kappa shape index (κ1) is 9.52. The number of nitrogens with zero attached hydrogens (tertiary/aromatic N) is 2. The van der Waals surface area contributed by atoms with Gasteiger partial charge < -0.3 is 10.8 Å². The van der Waals surface area contributed by atoms with Crippen LogP contribution in [-0.4, -0.2) is 21.5 Å². The summed E-state index contributed by atoms with van der Waals surface area (Å²) < 4.78 is 1.67. The molecule has 0 aromatic carbocycles. The smallest absolute Gasteiger partial charge is 0.122 e. The van der Waals surface area contributed by atoms with Crippen LogP contribution in [0.4, 0.5) is 5.82 Å². The van der Waals surface area contributed by atoms with Gasteiger partial charge in [-0.25, -0.2) is 4.68 Å². The van der Waals surface area contributed by atoms with Gasteiger partial charge >= 0.3 is 0 Å². The van der Waals surface area contributed by atoms with Crippen molar-refractivity contribution in [3.8, 4) is 0 Å². The number of nitrogens with two attached hydrogens (primary N) is 1. The lowest BCUT2D eigenvalue weighted by Gasteiger charge is -2.00. The van der Waals surface area contributed by atoms with Gasteiger partial charge in [0.25, 0.3) is 0 Å². The van der Waals surface area contributed by atoms with Crippen molar-refractivity contribution in [2.75, 3.05) is 12.3 Å². The van der Waals surface area contributed by atoms with E-state index in [1.807, 2.05) is 6.07 Å². The lowest BCUT2D eigenvalue weighted by molar-refractivity contribution is 0.270. The summed E-state index contributed by atoms with van der Waals surface area (Å²) >= 11 is 0. The summed E-state index contributed by atoms with van der Waals surface area (Å²) in [4.78, 5) is 0. The van der Waals surface area contributed by atoms with E-state index in [2.05, 4.69) is 18.9 Å². The average molecular weight is 195 g/mol. The topological polar surface area (TPSA) is 64.1 Å². The van der Waals surface area contributed by atoms with Gasteiger partial charge in [0, 0.05) is 12.0 Å². The van der Waals surface area contributed by atoms with E-state index in [-0.39, 0.29) is 6.61 Å². The quantitative estimate of drug-likeness (QED) is 0.755. The maximum absolute atomic E-state index is 8.79. The fraction of sp³-hybridized carbons (Fsp3) is 0.700. The van der Waals surface area contributed by atoms with Gasteiger partial charge in [-0.15, -0.1) is 0 Å². The molecule has 0 radical (unpaired) electrons. The normalized spacial score (nSPS) is 23.8. The van der Waals surface area contributed by atoms with Crippen molar-refractivity contribution in [1.82, 2.24) is 9.78 Å². The number of aromatic nitrogens is 2. The Labute approximate surface area is 83.7 Å². The SMILES string of the molecule is CC1(C)CC1c1cc(N)n(CCO)n1. The molecule has 0 spiro atoms. The predicted molar refractivity (Wildman–Crippen MR) is 54.9 cm³/mol. The molecule has 1 atom stereocenters. The van der Waals surface area contributed by atoms with Gasteiger partial charge in [-0.05, 0) is 11.8 Å². The zero-order valence-corrected chi connectivity index (χ0v) is 8.70. The van der Waals surface area contributed by atoms with Crippen molar-refractivity contribution in [3.63, 3.8) is 0 Å². The van der Waals surface area contributed by atoms with Gasteiger partial charge in [0.05, 0.1) is 18.8 Å². The van der Waals surface area contributed by atoms with E-state index >= 15 is 0 Å². The number of anilines is 1. The van der Waals surface area contributed by atoms with Crippen LogP contribution in [0, 0.1) is 5.41 Å². The highest BCUT2D eigenvalue weighted by atomic mass is 16.3. The molecule has 1 saturated carbocycles. The van der Waals surface area contributed by atoms with Crippen molar-refractivity contribution in [2.24, 2.45) is 5.41 Å². The van der Waals surface area contributed by atoms with E-state index in [9.17, 15) is 0 Å². The Morgan fingerprint density at radius 1 is 1.71 bits per heavy atom. The van der Waals surface area contributed by atoms with Crippen molar-refractivity contribution < 1.29 is 5.11 Å². The minimum Gasteiger partial charge on any atom is -0.394 e. The monoisotopic (exact) mass is 195 g/mol. The largest absolute Gasteiger partial charge is 0.394 e. The van der Waals surface area contributed by atoms with Crippen LogP contribution < -0.4 is 5.73 Å². The minimum atomic E-state index is 0.0827. The van der Waals surface area contributed by atoms with Crippen LogP contribution >= 0.6 is 0 Å². The second-order valence-electron chi connectivity index (χ2n) is 4.69. The van der Waals surface area contributed by atoms with E-state index in [4.69, 9.17) is 10.8 Å². The summed E-state index contributed by atoms with van der Waals surface area (Å²) in [5.74, 6) is 1.20. The molecule has 1 heterocycles. The van der Waals surface area contributed by atoms with E-state index < -0.39 is 0 Å². The summed E-state index contributed by atoms with van der Waals surface area (Å²) in [7, 11) is 0. The summed E-state index contributed by atoms with van der Waals surface area (Å²) in [5, 5.41) is 13.2. The molecule has 78 valence electrons. The molecule has 1 aromatic rings. The Hall–Kier alpha value is -1.03. The van der Waals surface area contributed by atoms with Gasteiger partial charge in [0.15, 0.2) is 0 Å². The lowest BCUT2D eigenvalue weighted by Crippen LogP contribution is -2.07. The zero-order chi connectivity index (χ0) is 10.3. The number of hydrogen-bond donors (Lipinski definition) is 2. The first-order valence-electron chi connectivity index (χ1n) is 4.98. The molecule has 4 nitrogen and oxygen atoms in total. The van der Waals surface area contributed by atoms with Crippen LogP contribution in [0.1, 0.15) is 31.9 Å². The number of hydrogen-bond acceptors (Lipinski definition) is 3. The lowest BCUT2D eigenvalue weighted by atomic mass is 10.1. The minimum absolute atomic E-state index is 0.0827. The fourth-order valence-electron chi connectivity index (χ4n) is 1.87. The second kappa shape index (κ2) is 2.98. The molecule has 0 bridgehead atoms. The van der Waals surface area contributed by atoms with Gasteiger partial charge in [-0.2, -0.15) is 5.10 Å². The Kier molecular flexibility index (Phi) is 2.03. The third-order valence-electron chi connectivity index (χ3n) is 3.01. The molecular weight excluding hydrogens is 178 g/mol. The summed E-state index contributed by atoms with van der Waals surface area (Å²) in [6.45, 7) is 5.04. The van der Waals surface area contributed by atoms with Gasteiger partial charge in [0.1, 0.15) is 5.82 Å². The van der Waals surface area contributed by atoms with E-state index in [0.717, 1.165) is 5.69 Å². The van der Waals surface area contributed by atoms with E-state index in [0.29, 0.717) is 23.7 Å². The molecule has 1 aliphatic rings. The standard InChI is InChI=1S/C10H17N3O/c1-10(2)6-7(10)8-5-9(11)13(12-8)3-4-14/h5,7,14H,3-4,6,11H2,1-2H3. The van der Waals surface area contributed by atoms with Gasteiger partial charge in [-0.3, -0.25) is 0 Å². The van der Waals surface area contributed by atoms with Crippen LogP contribution in [0.15, 0.2) is 6.07 Å². The van der Waals surface area contributed by atoms with Gasteiger partial charge in [-0.1, -0.05) is 13.8 Å². The van der Waals surface area contributed by atoms with Crippen LogP contribution in [0.2, 0.25) is 0 Å². The first-order chi connectivity index (χ1) is 6.54. The number of aliphatic hydroxyl groups is 1. The van der Waals surface area contributed by atoms with Crippen molar-refractivity contribution >= 4 is 5.82 Å². The molecule has 1 aromatic heterocycles. The number of nitrogen functional groups attached to an aromatic ring is 1. The van der Waals surface area contributed by atoms with Crippen molar-refractivity contribution in [2.45, 2.75) is 32.7 Å². The molecule has 1 fully saturated rings. The molecule has 1 unspecified atom stereocenters. The molecule has 0 aliphatic heterocycles. The first-order valence-corrected chi connectivity index (χ1v) is 4.98. The third-order valence-corrected chi connectivity index (χ3v) is 3.01. The fourth-order valence-corrected chi connectivity index (χ4v) is 1.87. The number of aliphatic hydroxyl groups excluding tert-OH is 1. The van der Waals surface area contributed by atoms with Gasteiger partial charge in [0.2, 0.25) is 0 Å². The van der Waals surface area contributed by atoms with Crippen molar-refractivity contribution in [1.29, 1.82) is 0 Å². The molecular formula is C10H17N3O. The maximum atomic E-state index is 8.79.